The summed E-state index contributed by atoms with van der Waals surface area (Å²) < 4.78 is 0. The third kappa shape index (κ3) is 2.66. The van der Waals surface area contributed by atoms with Crippen molar-refractivity contribution in [3.63, 3.8) is 0 Å². The Bertz CT molecular complexity index is 231. The maximum atomic E-state index is 4.35. The number of hydrogen-bond acceptors (Lipinski definition) is 2. The summed E-state index contributed by atoms with van der Waals surface area (Å²) in [6.45, 7) is 6.34. The summed E-state index contributed by atoms with van der Waals surface area (Å²) in [4.78, 5) is 8.43. The van der Waals surface area contributed by atoms with Crippen LogP contribution in [0.5, 0.6) is 0 Å². The molecule has 1 aromatic heterocycles. The van der Waals surface area contributed by atoms with E-state index in [2.05, 4.69) is 23.8 Å². The quantitative estimate of drug-likeness (QED) is 0.644. The summed E-state index contributed by atoms with van der Waals surface area (Å²) in [7, 11) is 0. The van der Waals surface area contributed by atoms with Crippen LogP contribution in [-0.2, 0) is 6.42 Å². The highest BCUT2D eigenvalue weighted by atomic mass is 14.8. The zero-order valence-corrected chi connectivity index (χ0v) is 7.33. The van der Waals surface area contributed by atoms with E-state index in [1.807, 2.05) is 13.1 Å². The average molecular weight is 150 g/mol. The van der Waals surface area contributed by atoms with Gasteiger partial charge in [0, 0.05) is 12.4 Å². The van der Waals surface area contributed by atoms with Gasteiger partial charge in [0.25, 0.3) is 0 Å². The molecule has 0 saturated carbocycles. The van der Waals surface area contributed by atoms with E-state index in [1.54, 1.807) is 6.20 Å². The van der Waals surface area contributed by atoms with Gasteiger partial charge in [0.2, 0.25) is 0 Å². The highest BCUT2D eigenvalue weighted by Crippen LogP contribution is 2.03. The lowest BCUT2D eigenvalue weighted by atomic mass is 10.1. The number of rotatable bonds is 2. The SMILES string of the molecule is Cc1cncc(CC(C)C)n1. The maximum Gasteiger partial charge on any atom is 0.0592 e. The highest BCUT2D eigenvalue weighted by Gasteiger charge is 1.98. The molecule has 0 N–H and O–H groups in total. The first-order valence-corrected chi connectivity index (χ1v) is 3.96. The van der Waals surface area contributed by atoms with E-state index in [1.165, 1.54) is 0 Å². The Kier molecular flexibility index (Phi) is 2.58. The monoisotopic (exact) mass is 150 g/mol. The highest BCUT2D eigenvalue weighted by molar-refractivity contribution is 5.01. The van der Waals surface area contributed by atoms with E-state index >= 15 is 0 Å². The fraction of sp³-hybridized carbons (Fsp3) is 0.556. The molecule has 0 aromatic carbocycles. The van der Waals surface area contributed by atoms with Crippen molar-refractivity contribution in [2.45, 2.75) is 27.2 Å². The van der Waals surface area contributed by atoms with E-state index in [9.17, 15) is 0 Å². The molecule has 1 heterocycles. The normalized spacial score (nSPS) is 10.5. The van der Waals surface area contributed by atoms with Gasteiger partial charge in [-0.3, -0.25) is 9.97 Å². The molecule has 2 nitrogen and oxygen atoms in total. The van der Waals surface area contributed by atoms with Gasteiger partial charge in [0.05, 0.1) is 11.4 Å². The minimum absolute atomic E-state index is 0.658. The van der Waals surface area contributed by atoms with E-state index < -0.39 is 0 Å². The van der Waals surface area contributed by atoms with E-state index in [-0.39, 0.29) is 0 Å². The summed E-state index contributed by atoms with van der Waals surface area (Å²) in [5.41, 5.74) is 2.10. The first-order valence-electron chi connectivity index (χ1n) is 3.96. The Balaban J connectivity index is 2.71. The van der Waals surface area contributed by atoms with Gasteiger partial charge in [-0.2, -0.15) is 0 Å². The Hall–Kier alpha value is -0.920. The smallest absolute Gasteiger partial charge is 0.0592 e. The number of nitrogens with zero attached hydrogens (tertiary/aromatic N) is 2. The minimum Gasteiger partial charge on any atom is -0.261 e. The molecule has 11 heavy (non-hydrogen) atoms. The van der Waals surface area contributed by atoms with Crippen LogP contribution in [0.4, 0.5) is 0 Å². The molecule has 0 aliphatic carbocycles. The second-order valence-electron chi connectivity index (χ2n) is 3.25. The molecule has 0 aliphatic heterocycles. The zero-order chi connectivity index (χ0) is 8.27. The summed E-state index contributed by atoms with van der Waals surface area (Å²) >= 11 is 0. The molecule has 2 heteroatoms. The summed E-state index contributed by atoms with van der Waals surface area (Å²) in [6, 6.07) is 0. The second kappa shape index (κ2) is 3.46. The van der Waals surface area contributed by atoms with Crippen molar-refractivity contribution < 1.29 is 0 Å². The molecular weight excluding hydrogens is 136 g/mol. The molecule has 60 valence electrons. The average Bonchev–Trinajstić information content (AvgIpc) is 1.85. The lowest BCUT2D eigenvalue weighted by molar-refractivity contribution is 0.631. The van der Waals surface area contributed by atoms with Crippen LogP contribution < -0.4 is 0 Å². The Morgan fingerprint density at radius 1 is 1.36 bits per heavy atom. The second-order valence-corrected chi connectivity index (χ2v) is 3.25. The van der Waals surface area contributed by atoms with Gasteiger partial charge in [-0.05, 0) is 19.3 Å². The van der Waals surface area contributed by atoms with Crippen molar-refractivity contribution in [1.82, 2.24) is 9.97 Å². The first-order chi connectivity index (χ1) is 5.18. The van der Waals surface area contributed by atoms with Crippen LogP contribution >= 0.6 is 0 Å². The summed E-state index contributed by atoms with van der Waals surface area (Å²) in [5.74, 6) is 0.658. The van der Waals surface area contributed by atoms with Gasteiger partial charge >= 0.3 is 0 Å². The lowest BCUT2D eigenvalue weighted by Crippen LogP contribution is -1.98. The molecule has 0 spiro atoms. The van der Waals surface area contributed by atoms with Crippen LogP contribution in [0, 0.1) is 12.8 Å². The topological polar surface area (TPSA) is 25.8 Å². The molecule has 0 aliphatic rings. The molecular formula is C9H14N2. The van der Waals surface area contributed by atoms with Crippen LogP contribution in [0.1, 0.15) is 25.2 Å². The lowest BCUT2D eigenvalue weighted by Gasteiger charge is -2.02. The van der Waals surface area contributed by atoms with Gasteiger partial charge in [-0.15, -0.1) is 0 Å². The maximum absolute atomic E-state index is 4.35. The first kappa shape index (κ1) is 8.18. The van der Waals surface area contributed by atoms with Crippen molar-refractivity contribution >= 4 is 0 Å². The standard InChI is InChI=1S/C9H14N2/c1-7(2)4-9-6-10-5-8(3)11-9/h5-7H,4H2,1-3H3. The molecule has 0 amide bonds. The molecule has 1 rings (SSSR count). The van der Waals surface area contributed by atoms with E-state index in [4.69, 9.17) is 0 Å². The van der Waals surface area contributed by atoms with Crippen LogP contribution in [0.15, 0.2) is 12.4 Å². The van der Waals surface area contributed by atoms with Crippen LogP contribution in [0.3, 0.4) is 0 Å². The van der Waals surface area contributed by atoms with E-state index in [0.717, 1.165) is 17.8 Å². The fourth-order valence-electron chi connectivity index (χ4n) is 1.03. The summed E-state index contributed by atoms with van der Waals surface area (Å²) in [6.07, 6.45) is 4.64. The number of aromatic nitrogens is 2. The predicted octanol–water partition coefficient (Wildman–Crippen LogP) is 1.98. The number of hydrogen-bond donors (Lipinski definition) is 0. The molecule has 0 bridgehead atoms. The van der Waals surface area contributed by atoms with Crippen molar-refractivity contribution in [2.24, 2.45) is 5.92 Å². The van der Waals surface area contributed by atoms with Gasteiger partial charge in [-0.1, -0.05) is 13.8 Å². The third-order valence-corrected chi connectivity index (χ3v) is 1.42. The van der Waals surface area contributed by atoms with Gasteiger partial charge in [0.15, 0.2) is 0 Å². The van der Waals surface area contributed by atoms with Crippen LogP contribution in [0.2, 0.25) is 0 Å². The van der Waals surface area contributed by atoms with Gasteiger partial charge < -0.3 is 0 Å². The summed E-state index contributed by atoms with van der Waals surface area (Å²) in [5, 5.41) is 0. The molecule has 0 unspecified atom stereocenters. The van der Waals surface area contributed by atoms with Crippen molar-refractivity contribution in [3.05, 3.63) is 23.8 Å². The Labute approximate surface area is 67.7 Å². The number of aryl methyl sites for hydroxylation is 1. The predicted molar refractivity (Wildman–Crippen MR) is 45.3 cm³/mol. The van der Waals surface area contributed by atoms with Crippen molar-refractivity contribution in [3.8, 4) is 0 Å². The zero-order valence-electron chi connectivity index (χ0n) is 7.33. The minimum atomic E-state index is 0.658. The third-order valence-electron chi connectivity index (χ3n) is 1.42. The largest absolute Gasteiger partial charge is 0.261 e. The van der Waals surface area contributed by atoms with Gasteiger partial charge in [-0.25, -0.2) is 0 Å². The molecule has 0 atom stereocenters. The van der Waals surface area contributed by atoms with Crippen LogP contribution in [-0.4, -0.2) is 9.97 Å². The Morgan fingerprint density at radius 3 is 2.64 bits per heavy atom. The van der Waals surface area contributed by atoms with Gasteiger partial charge in [0.1, 0.15) is 0 Å². The molecule has 0 fully saturated rings. The molecule has 0 radical (unpaired) electrons. The molecule has 0 saturated heterocycles. The fourth-order valence-corrected chi connectivity index (χ4v) is 1.03. The Morgan fingerprint density at radius 2 is 2.09 bits per heavy atom. The van der Waals surface area contributed by atoms with E-state index in [0.29, 0.717) is 5.92 Å². The van der Waals surface area contributed by atoms with Crippen molar-refractivity contribution in [1.29, 1.82) is 0 Å². The molecule has 1 aromatic rings. The van der Waals surface area contributed by atoms with Crippen LogP contribution in [0.25, 0.3) is 0 Å². The van der Waals surface area contributed by atoms with Crippen molar-refractivity contribution in [2.75, 3.05) is 0 Å².